The first kappa shape index (κ1) is 20.7. The van der Waals surface area contributed by atoms with Gasteiger partial charge in [0.2, 0.25) is 0 Å². The van der Waals surface area contributed by atoms with Crippen molar-refractivity contribution in [1.29, 1.82) is 0 Å². The van der Waals surface area contributed by atoms with Gasteiger partial charge in [0.1, 0.15) is 5.60 Å². The number of ether oxygens (including phenoxy) is 3. The van der Waals surface area contributed by atoms with Gasteiger partial charge in [0.15, 0.2) is 0 Å². The van der Waals surface area contributed by atoms with Crippen LogP contribution in [0.2, 0.25) is 0 Å². The lowest BCUT2D eigenvalue weighted by Crippen LogP contribution is -2.51. The topological polar surface area (TPSA) is 65.1 Å². The van der Waals surface area contributed by atoms with Crippen molar-refractivity contribution in [2.75, 3.05) is 26.8 Å². The molecule has 2 fully saturated rings. The number of carbonyl (C=O) groups excluding carboxylic acids is 2. The van der Waals surface area contributed by atoms with Crippen LogP contribution in [0.4, 0.5) is 4.79 Å². The predicted molar refractivity (Wildman–Crippen MR) is 91.8 cm³/mol. The van der Waals surface area contributed by atoms with Crippen molar-refractivity contribution >= 4 is 12.1 Å². The monoisotopic (exact) mass is 343 g/mol. The number of nitrogens with zero attached hydrogens (tertiary/aromatic N) is 1. The van der Waals surface area contributed by atoms with Crippen LogP contribution in [0.15, 0.2) is 0 Å². The average molecular weight is 343 g/mol. The minimum absolute atomic E-state index is 0.153. The highest BCUT2D eigenvalue weighted by Crippen LogP contribution is 2.37. The summed E-state index contributed by atoms with van der Waals surface area (Å²) in [5.74, 6) is -0.347. The fourth-order valence-corrected chi connectivity index (χ4v) is 3.04. The Bertz CT molecular complexity index is 412. The second-order valence-electron chi connectivity index (χ2n) is 7.22. The van der Waals surface area contributed by atoms with Crippen LogP contribution >= 0.6 is 0 Å². The molecule has 1 spiro atoms. The van der Waals surface area contributed by atoms with Crippen molar-refractivity contribution in [3.05, 3.63) is 0 Å². The summed E-state index contributed by atoms with van der Waals surface area (Å²) in [6.45, 7) is 11.3. The molecule has 0 saturated carbocycles. The van der Waals surface area contributed by atoms with Crippen LogP contribution < -0.4 is 0 Å². The van der Waals surface area contributed by atoms with Crippen molar-refractivity contribution in [2.24, 2.45) is 5.92 Å². The van der Waals surface area contributed by atoms with Gasteiger partial charge < -0.3 is 19.1 Å². The average Bonchev–Trinajstić information content (AvgIpc) is 2.56. The van der Waals surface area contributed by atoms with Crippen molar-refractivity contribution in [3.8, 4) is 0 Å². The zero-order chi connectivity index (χ0) is 18.4. The minimum atomic E-state index is -0.471. The molecule has 0 aromatic heterocycles. The molecule has 140 valence electrons. The normalized spacial score (nSPS) is 23.1. The molecule has 0 aliphatic carbocycles. The fourth-order valence-electron chi connectivity index (χ4n) is 3.04. The quantitative estimate of drug-likeness (QED) is 0.683. The summed E-state index contributed by atoms with van der Waals surface area (Å²) in [4.78, 5) is 25.3. The molecule has 2 rings (SSSR count). The number of hydrogen-bond acceptors (Lipinski definition) is 5. The standard InChI is InChI=1S/C16H27NO5.C2H6/c1-15(2,3)22-14(19)17-9-7-16(8-10-17)6-5-12(11-21-16)13(18)20-4;1-2/h12H,5-11H2,1-4H3;1-2H3. The van der Waals surface area contributed by atoms with Gasteiger partial charge >= 0.3 is 12.1 Å². The summed E-state index contributed by atoms with van der Waals surface area (Å²) >= 11 is 0. The van der Waals surface area contributed by atoms with Gasteiger partial charge in [-0.05, 0) is 46.5 Å². The second-order valence-corrected chi connectivity index (χ2v) is 7.22. The van der Waals surface area contributed by atoms with E-state index in [4.69, 9.17) is 14.2 Å². The van der Waals surface area contributed by atoms with E-state index in [2.05, 4.69) is 0 Å². The number of amides is 1. The number of carbonyl (C=O) groups is 2. The maximum Gasteiger partial charge on any atom is 0.410 e. The van der Waals surface area contributed by atoms with Gasteiger partial charge in [0.05, 0.1) is 25.2 Å². The van der Waals surface area contributed by atoms with Gasteiger partial charge in [0, 0.05) is 13.1 Å². The zero-order valence-electron chi connectivity index (χ0n) is 16.0. The highest BCUT2D eigenvalue weighted by atomic mass is 16.6. The third-order valence-corrected chi connectivity index (χ3v) is 4.40. The molecule has 0 N–H and O–H groups in total. The molecule has 2 aliphatic heterocycles. The van der Waals surface area contributed by atoms with Gasteiger partial charge in [-0.2, -0.15) is 0 Å². The number of esters is 1. The predicted octanol–water partition coefficient (Wildman–Crippen LogP) is 3.38. The summed E-state index contributed by atoms with van der Waals surface area (Å²) in [7, 11) is 1.41. The number of rotatable bonds is 1. The Morgan fingerprint density at radius 3 is 2.12 bits per heavy atom. The molecule has 6 nitrogen and oxygen atoms in total. The van der Waals surface area contributed by atoms with E-state index in [9.17, 15) is 9.59 Å². The summed E-state index contributed by atoms with van der Waals surface area (Å²) in [6, 6.07) is 0. The molecule has 0 aromatic carbocycles. The minimum Gasteiger partial charge on any atom is -0.469 e. The summed E-state index contributed by atoms with van der Waals surface area (Å²) in [6.07, 6.45) is 2.96. The Hall–Kier alpha value is -1.30. The molecular formula is C18H33NO5. The maximum atomic E-state index is 12.1. The van der Waals surface area contributed by atoms with E-state index in [1.54, 1.807) is 4.90 Å². The molecule has 0 aromatic rings. The lowest BCUT2D eigenvalue weighted by Gasteiger charge is -2.45. The number of piperidine rings is 1. The molecule has 1 unspecified atom stereocenters. The van der Waals surface area contributed by atoms with Gasteiger partial charge in [0.25, 0.3) is 0 Å². The second kappa shape index (κ2) is 8.70. The number of methoxy groups -OCH3 is 1. The van der Waals surface area contributed by atoms with E-state index in [0.717, 1.165) is 25.7 Å². The van der Waals surface area contributed by atoms with Crippen molar-refractivity contribution in [1.82, 2.24) is 4.90 Å². The molecule has 0 radical (unpaired) electrons. The summed E-state index contributed by atoms with van der Waals surface area (Å²) < 4.78 is 16.2. The summed E-state index contributed by atoms with van der Waals surface area (Å²) in [5, 5.41) is 0. The molecule has 0 bridgehead atoms. The van der Waals surface area contributed by atoms with Crippen molar-refractivity contribution in [3.63, 3.8) is 0 Å². The Morgan fingerprint density at radius 1 is 1.12 bits per heavy atom. The van der Waals surface area contributed by atoms with Crippen LogP contribution in [0.3, 0.4) is 0 Å². The van der Waals surface area contributed by atoms with Crippen LogP contribution in [-0.4, -0.2) is 55.0 Å². The number of likely N-dealkylation sites (tertiary alicyclic amines) is 1. The van der Waals surface area contributed by atoms with Crippen LogP contribution in [-0.2, 0) is 19.0 Å². The van der Waals surface area contributed by atoms with Crippen LogP contribution in [0.5, 0.6) is 0 Å². The molecule has 1 atom stereocenters. The molecular weight excluding hydrogens is 310 g/mol. The Kier molecular flexibility index (Phi) is 7.52. The smallest absolute Gasteiger partial charge is 0.410 e. The molecule has 1 amide bonds. The summed E-state index contributed by atoms with van der Waals surface area (Å²) in [5.41, 5.74) is -0.662. The molecule has 6 heteroatoms. The molecule has 2 heterocycles. The number of hydrogen-bond donors (Lipinski definition) is 0. The van der Waals surface area contributed by atoms with E-state index >= 15 is 0 Å². The van der Waals surface area contributed by atoms with E-state index in [1.165, 1.54) is 7.11 Å². The first-order chi connectivity index (χ1) is 11.2. The van der Waals surface area contributed by atoms with E-state index in [-0.39, 0.29) is 23.6 Å². The van der Waals surface area contributed by atoms with Crippen LogP contribution in [0, 0.1) is 5.92 Å². The van der Waals surface area contributed by atoms with Gasteiger partial charge in [-0.3, -0.25) is 4.79 Å². The zero-order valence-corrected chi connectivity index (χ0v) is 16.0. The lowest BCUT2D eigenvalue weighted by molar-refractivity contribution is -0.164. The Morgan fingerprint density at radius 2 is 1.71 bits per heavy atom. The third-order valence-electron chi connectivity index (χ3n) is 4.40. The third kappa shape index (κ3) is 5.65. The Balaban J connectivity index is 0.00000139. The van der Waals surface area contributed by atoms with Gasteiger partial charge in [-0.15, -0.1) is 0 Å². The molecule has 2 saturated heterocycles. The largest absolute Gasteiger partial charge is 0.469 e. The van der Waals surface area contributed by atoms with Crippen molar-refractivity contribution < 1.29 is 23.8 Å². The van der Waals surface area contributed by atoms with Crippen LogP contribution in [0.1, 0.15) is 60.3 Å². The van der Waals surface area contributed by atoms with Crippen molar-refractivity contribution in [2.45, 2.75) is 71.5 Å². The SMILES string of the molecule is CC.COC(=O)C1CCC2(CCN(C(=O)OC(C)(C)C)CC2)OC1. The van der Waals surface area contributed by atoms with E-state index in [1.807, 2.05) is 34.6 Å². The highest BCUT2D eigenvalue weighted by molar-refractivity contribution is 5.72. The first-order valence-corrected chi connectivity index (χ1v) is 8.94. The van der Waals surface area contributed by atoms with E-state index < -0.39 is 5.60 Å². The molecule has 2 aliphatic rings. The lowest BCUT2D eigenvalue weighted by atomic mass is 9.82. The Labute approximate surface area is 145 Å². The highest BCUT2D eigenvalue weighted by Gasteiger charge is 2.42. The fraction of sp³-hybridized carbons (Fsp3) is 0.889. The van der Waals surface area contributed by atoms with Crippen LogP contribution in [0.25, 0.3) is 0 Å². The maximum absolute atomic E-state index is 12.1. The first-order valence-electron chi connectivity index (χ1n) is 8.94. The molecule has 24 heavy (non-hydrogen) atoms. The van der Waals surface area contributed by atoms with Gasteiger partial charge in [-0.25, -0.2) is 4.79 Å². The van der Waals surface area contributed by atoms with E-state index in [0.29, 0.717) is 19.7 Å². The van der Waals surface area contributed by atoms with Gasteiger partial charge in [-0.1, -0.05) is 13.8 Å².